The Morgan fingerprint density at radius 1 is 1.25 bits per heavy atom. The molecule has 0 aliphatic carbocycles. The van der Waals surface area contributed by atoms with Crippen LogP contribution in [0, 0.1) is 0 Å². The van der Waals surface area contributed by atoms with Gasteiger partial charge in [0.15, 0.2) is 12.4 Å². The summed E-state index contributed by atoms with van der Waals surface area (Å²) in [6, 6.07) is 11.7. The number of ether oxygens (including phenoxy) is 2. The Hall–Kier alpha value is -2.95. The van der Waals surface area contributed by atoms with E-state index >= 15 is 0 Å². The molecule has 0 N–H and O–H groups in total. The summed E-state index contributed by atoms with van der Waals surface area (Å²) in [6.07, 6.45) is 4.64. The van der Waals surface area contributed by atoms with Crippen LogP contribution >= 0.6 is 0 Å². The Kier molecular flexibility index (Phi) is 3.61. The fraction of sp³-hybridized carbons (Fsp3) is 0.211. The Bertz CT molecular complexity index is 923. The summed E-state index contributed by atoms with van der Waals surface area (Å²) in [6.45, 7) is 2.80. The quantitative estimate of drug-likeness (QED) is 0.550. The first-order valence-electron chi connectivity index (χ1n) is 8.00. The highest BCUT2D eigenvalue weighted by atomic mass is 16.5. The lowest BCUT2D eigenvalue weighted by Crippen LogP contribution is -2.32. The molecule has 1 aliphatic heterocycles. The normalized spacial score (nSPS) is 12.7. The fourth-order valence-corrected chi connectivity index (χ4v) is 2.94. The monoisotopic (exact) mass is 321 g/mol. The summed E-state index contributed by atoms with van der Waals surface area (Å²) in [5.41, 5.74) is 2.92. The number of nitrogens with zero attached hydrogens (tertiary/aromatic N) is 2. The lowest BCUT2D eigenvalue weighted by atomic mass is 10.1. The maximum atomic E-state index is 12.4. The van der Waals surface area contributed by atoms with Crippen LogP contribution in [0.3, 0.4) is 0 Å². The minimum atomic E-state index is -0.414. The molecule has 2 aromatic heterocycles. The van der Waals surface area contributed by atoms with Crippen LogP contribution in [0.4, 0.5) is 0 Å². The van der Waals surface area contributed by atoms with Crippen molar-refractivity contribution in [1.82, 2.24) is 4.98 Å². The van der Waals surface area contributed by atoms with Gasteiger partial charge in [0.25, 0.3) is 0 Å². The van der Waals surface area contributed by atoms with Gasteiger partial charge in [-0.2, -0.15) is 4.57 Å². The van der Waals surface area contributed by atoms with Crippen molar-refractivity contribution in [2.24, 2.45) is 0 Å². The minimum Gasteiger partial charge on any atom is -0.493 e. The minimum absolute atomic E-state index is 0.315. The molecule has 5 heteroatoms. The molecule has 1 aromatic carbocycles. The second kappa shape index (κ2) is 5.92. The summed E-state index contributed by atoms with van der Waals surface area (Å²) >= 11 is 0. The smallest absolute Gasteiger partial charge is 0.363 e. The maximum Gasteiger partial charge on any atom is 0.363 e. The van der Waals surface area contributed by atoms with Gasteiger partial charge in [0.1, 0.15) is 5.75 Å². The molecule has 0 unspecified atom stereocenters. The molecular formula is C19H17N2O3+. The predicted octanol–water partition coefficient (Wildman–Crippen LogP) is 2.62. The van der Waals surface area contributed by atoms with E-state index in [1.807, 2.05) is 53.4 Å². The third-order valence-electron chi connectivity index (χ3n) is 4.07. The number of esters is 1. The van der Waals surface area contributed by atoms with E-state index in [1.54, 1.807) is 6.92 Å². The van der Waals surface area contributed by atoms with E-state index in [0.717, 1.165) is 28.6 Å². The van der Waals surface area contributed by atoms with Crippen LogP contribution in [0.2, 0.25) is 0 Å². The zero-order chi connectivity index (χ0) is 16.5. The lowest BCUT2D eigenvalue weighted by Gasteiger charge is -2.07. The van der Waals surface area contributed by atoms with Crippen LogP contribution in [0.15, 0.2) is 48.8 Å². The van der Waals surface area contributed by atoms with E-state index < -0.39 is 5.97 Å². The van der Waals surface area contributed by atoms with Gasteiger partial charge in [0, 0.05) is 30.0 Å². The average molecular weight is 321 g/mol. The molecule has 3 aromatic rings. The van der Waals surface area contributed by atoms with Gasteiger partial charge >= 0.3 is 5.97 Å². The molecule has 120 valence electrons. The van der Waals surface area contributed by atoms with E-state index in [0.29, 0.717) is 24.6 Å². The predicted molar refractivity (Wildman–Crippen MR) is 88.4 cm³/mol. The van der Waals surface area contributed by atoms with Crippen molar-refractivity contribution in [2.45, 2.75) is 13.3 Å². The van der Waals surface area contributed by atoms with Crippen LogP contribution in [-0.2, 0) is 11.2 Å². The standard InChI is InChI=1S/C19H17N2O3/c1-2-23-19(22)18-16(21-7-4-3-5-8-21)11-14-12-17-13(6-9-24-17)10-15(14)20-18/h3-5,7-8,10-12H,2,6,9H2,1H3/q+1. The van der Waals surface area contributed by atoms with Gasteiger partial charge in [0.05, 0.1) is 18.7 Å². The Labute approximate surface area is 139 Å². The highest BCUT2D eigenvalue weighted by molar-refractivity contribution is 5.95. The number of fused-ring (bicyclic) bond motifs is 2. The third-order valence-corrected chi connectivity index (χ3v) is 4.07. The first-order valence-corrected chi connectivity index (χ1v) is 8.00. The van der Waals surface area contributed by atoms with Gasteiger partial charge in [0.2, 0.25) is 11.4 Å². The van der Waals surface area contributed by atoms with Crippen molar-refractivity contribution in [1.29, 1.82) is 0 Å². The first-order chi connectivity index (χ1) is 11.8. The van der Waals surface area contributed by atoms with Gasteiger partial charge in [-0.15, -0.1) is 0 Å². The van der Waals surface area contributed by atoms with E-state index in [9.17, 15) is 4.79 Å². The number of benzene rings is 1. The van der Waals surface area contributed by atoms with Crippen LogP contribution in [-0.4, -0.2) is 24.2 Å². The fourth-order valence-electron chi connectivity index (χ4n) is 2.94. The second-order valence-corrected chi connectivity index (χ2v) is 5.61. The van der Waals surface area contributed by atoms with E-state index in [1.165, 1.54) is 0 Å². The largest absolute Gasteiger partial charge is 0.493 e. The molecule has 0 radical (unpaired) electrons. The lowest BCUT2D eigenvalue weighted by molar-refractivity contribution is -0.596. The topological polar surface area (TPSA) is 52.3 Å². The summed E-state index contributed by atoms with van der Waals surface area (Å²) in [7, 11) is 0. The van der Waals surface area contributed by atoms with Crippen molar-refractivity contribution >= 4 is 16.9 Å². The van der Waals surface area contributed by atoms with Gasteiger partial charge in [-0.25, -0.2) is 9.78 Å². The molecule has 0 fully saturated rings. The Balaban J connectivity index is 1.95. The zero-order valence-corrected chi connectivity index (χ0v) is 13.4. The summed E-state index contributed by atoms with van der Waals surface area (Å²) in [5.74, 6) is 0.486. The summed E-state index contributed by atoms with van der Waals surface area (Å²) in [4.78, 5) is 17.0. The summed E-state index contributed by atoms with van der Waals surface area (Å²) in [5, 5.41) is 0.940. The van der Waals surface area contributed by atoms with Gasteiger partial charge in [-0.1, -0.05) is 6.07 Å². The van der Waals surface area contributed by atoms with Crippen molar-refractivity contribution in [3.8, 4) is 11.4 Å². The van der Waals surface area contributed by atoms with Crippen LogP contribution in [0.5, 0.6) is 5.75 Å². The zero-order valence-electron chi connectivity index (χ0n) is 13.4. The van der Waals surface area contributed by atoms with Gasteiger partial charge in [-0.3, -0.25) is 0 Å². The summed E-state index contributed by atoms with van der Waals surface area (Å²) < 4.78 is 12.7. The number of hydrogen-bond donors (Lipinski definition) is 0. The number of hydrogen-bond acceptors (Lipinski definition) is 4. The number of carbonyl (C=O) groups excluding carboxylic acids is 1. The first kappa shape index (κ1) is 14.6. The molecular weight excluding hydrogens is 304 g/mol. The second-order valence-electron chi connectivity index (χ2n) is 5.61. The van der Waals surface area contributed by atoms with E-state index in [2.05, 4.69) is 4.98 Å². The number of aromatic nitrogens is 2. The average Bonchev–Trinajstić information content (AvgIpc) is 3.06. The van der Waals surface area contributed by atoms with Crippen LogP contribution < -0.4 is 9.30 Å². The molecule has 4 rings (SSSR count). The van der Waals surface area contributed by atoms with Crippen molar-refractivity contribution in [3.05, 3.63) is 60.0 Å². The van der Waals surface area contributed by atoms with E-state index in [4.69, 9.17) is 9.47 Å². The highest BCUT2D eigenvalue weighted by Gasteiger charge is 2.24. The molecule has 5 nitrogen and oxygen atoms in total. The SMILES string of the molecule is CCOC(=O)c1nc2cc3c(cc2cc1-[n+]1ccccc1)OCC3. The highest BCUT2D eigenvalue weighted by Crippen LogP contribution is 2.30. The molecule has 0 saturated heterocycles. The molecule has 0 bridgehead atoms. The molecule has 0 spiro atoms. The van der Waals surface area contributed by atoms with Crippen LogP contribution in [0.1, 0.15) is 23.0 Å². The van der Waals surface area contributed by atoms with Gasteiger partial charge in [-0.05, 0) is 24.6 Å². The van der Waals surface area contributed by atoms with Crippen molar-refractivity contribution in [3.63, 3.8) is 0 Å². The third kappa shape index (κ3) is 2.48. The molecule has 0 amide bonds. The number of pyridine rings is 2. The van der Waals surface area contributed by atoms with Crippen molar-refractivity contribution in [2.75, 3.05) is 13.2 Å². The number of carbonyl (C=O) groups is 1. The maximum absolute atomic E-state index is 12.4. The molecule has 0 saturated carbocycles. The van der Waals surface area contributed by atoms with E-state index in [-0.39, 0.29) is 0 Å². The molecule has 0 atom stereocenters. The van der Waals surface area contributed by atoms with Gasteiger partial charge < -0.3 is 9.47 Å². The van der Waals surface area contributed by atoms with Crippen LogP contribution in [0.25, 0.3) is 16.6 Å². The Morgan fingerprint density at radius 2 is 2.08 bits per heavy atom. The molecule has 24 heavy (non-hydrogen) atoms. The Morgan fingerprint density at radius 3 is 2.88 bits per heavy atom. The number of rotatable bonds is 3. The molecule has 3 heterocycles. The van der Waals surface area contributed by atoms with Crippen molar-refractivity contribution < 1.29 is 18.8 Å². The molecule has 1 aliphatic rings.